The normalized spacial score (nSPS) is 18.1. The van der Waals surface area contributed by atoms with Crippen molar-refractivity contribution in [2.45, 2.75) is 19.3 Å². The van der Waals surface area contributed by atoms with Crippen molar-refractivity contribution in [1.82, 2.24) is 4.90 Å². The molecule has 2 aliphatic heterocycles. The summed E-state index contributed by atoms with van der Waals surface area (Å²) in [6.07, 6.45) is 0. The summed E-state index contributed by atoms with van der Waals surface area (Å²) in [7, 11) is 0. The Morgan fingerprint density at radius 3 is 2.58 bits per heavy atom. The summed E-state index contributed by atoms with van der Waals surface area (Å²) in [5.41, 5.74) is 7.25. The molecule has 0 aromatic heterocycles. The minimum absolute atomic E-state index is 0. The van der Waals surface area contributed by atoms with Crippen LogP contribution in [0.1, 0.15) is 19.4 Å². The number of nitrogens with two attached hydrogens (primary N) is 1. The van der Waals surface area contributed by atoms with Gasteiger partial charge in [0.1, 0.15) is 13.2 Å². The van der Waals surface area contributed by atoms with Crippen LogP contribution in [-0.4, -0.2) is 55.2 Å². The highest BCUT2D eigenvalue weighted by Gasteiger charge is 2.24. The van der Waals surface area contributed by atoms with E-state index in [1.54, 1.807) is 0 Å². The number of benzene rings is 1. The van der Waals surface area contributed by atoms with Gasteiger partial charge in [0, 0.05) is 30.0 Å². The SMILES string of the molecule is CC(C)(CN=C(N)N1CCSCC1)c1ccc2c(c1)OCCO2.I. The van der Waals surface area contributed by atoms with Crippen molar-refractivity contribution in [3.63, 3.8) is 0 Å². The Morgan fingerprint density at radius 2 is 1.88 bits per heavy atom. The third-order valence-corrected chi connectivity index (χ3v) is 5.24. The molecule has 2 aliphatic rings. The lowest BCUT2D eigenvalue weighted by molar-refractivity contribution is 0.171. The molecule has 1 fully saturated rings. The lowest BCUT2D eigenvalue weighted by Crippen LogP contribution is -2.43. The number of rotatable bonds is 3. The van der Waals surface area contributed by atoms with E-state index in [0.29, 0.717) is 25.7 Å². The zero-order valence-electron chi connectivity index (χ0n) is 14.3. The zero-order valence-corrected chi connectivity index (χ0v) is 17.4. The Kier molecular flexibility index (Phi) is 6.91. The van der Waals surface area contributed by atoms with Crippen LogP contribution >= 0.6 is 35.7 Å². The van der Waals surface area contributed by atoms with Crippen molar-refractivity contribution in [2.75, 3.05) is 44.4 Å². The highest BCUT2D eigenvalue weighted by Crippen LogP contribution is 2.35. The Bertz CT molecular complexity index is 589. The monoisotopic (exact) mass is 463 g/mol. The van der Waals surface area contributed by atoms with Gasteiger partial charge in [-0.05, 0) is 17.7 Å². The maximum Gasteiger partial charge on any atom is 0.191 e. The van der Waals surface area contributed by atoms with Gasteiger partial charge in [0.05, 0.1) is 6.54 Å². The van der Waals surface area contributed by atoms with E-state index < -0.39 is 0 Å². The van der Waals surface area contributed by atoms with Gasteiger partial charge in [0.15, 0.2) is 17.5 Å². The minimum Gasteiger partial charge on any atom is -0.486 e. The number of guanidine groups is 1. The molecule has 1 aromatic carbocycles. The number of hydrogen-bond acceptors (Lipinski definition) is 4. The first-order valence-corrected chi connectivity index (χ1v) is 9.24. The van der Waals surface area contributed by atoms with Gasteiger partial charge in [-0.15, -0.1) is 24.0 Å². The van der Waals surface area contributed by atoms with Gasteiger partial charge in [-0.1, -0.05) is 19.9 Å². The molecule has 0 amide bonds. The molecule has 5 nitrogen and oxygen atoms in total. The molecule has 1 aromatic rings. The van der Waals surface area contributed by atoms with Gasteiger partial charge in [0.25, 0.3) is 0 Å². The van der Waals surface area contributed by atoms with Gasteiger partial charge < -0.3 is 20.1 Å². The van der Waals surface area contributed by atoms with E-state index >= 15 is 0 Å². The third-order valence-electron chi connectivity index (χ3n) is 4.30. The minimum atomic E-state index is -0.106. The predicted molar refractivity (Wildman–Crippen MR) is 111 cm³/mol. The molecule has 2 N–H and O–H groups in total. The molecule has 134 valence electrons. The van der Waals surface area contributed by atoms with Crippen molar-refractivity contribution >= 4 is 41.7 Å². The quantitative estimate of drug-likeness (QED) is 0.425. The number of aliphatic imine (C=N–C) groups is 1. The average Bonchev–Trinajstić information content (AvgIpc) is 2.60. The highest BCUT2D eigenvalue weighted by molar-refractivity contribution is 14.0. The van der Waals surface area contributed by atoms with Gasteiger partial charge in [-0.25, -0.2) is 0 Å². The van der Waals surface area contributed by atoms with E-state index in [4.69, 9.17) is 15.2 Å². The molecule has 0 aliphatic carbocycles. The standard InChI is InChI=1S/C17H25N3O2S.HI/c1-17(2,12-19-16(18)20-5-9-23-10-6-20)13-3-4-14-15(11-13)22-8-7-21-14;/h3-4,11H,5-10,12H2,1-2H3,(H2,18,19);1H. The molecule has 24 heavy (non-hydrogen) atoms. The summed E-state index contributed by atoms with van der Waals surface area (Å²) in [4.78, 5) is 6.82. The van der Waals surface area contributed by atoms with E-state index in [2.05, 4.69) is 35.9 Å². The second kappa shape index (κ2) is 8.51. The summed E-state index contributed by atoms with van der Waals surface area (Å²) in [5, 5.41) is 0. The first-order valence-electron chi connectivity index (χ1n) is 8.09. The first kappa shape index (κ1) is 19.5. The lowest BCUT2D eigenvalue weighted by atomic mass is 9.84. The second-order valence-corrected chi connectivity index (χ2v) is 7.74. The maximum absolute atomic E-state index is 6.17. The molecule has 0 saturated carbocycles. The van der Waals surface area contributed by atoms with Crippen LogP contribution in [0.15, 0.2) is 23.2 Å². The fourth-order valence-electron chi connectivity index (χ4n) is 2.73. The molecule has 0 radical (unpaired) electrons. The number of nitrogens with zero attached hydrogens (tertiary/aromatic N) is 2. The molecule has 0 bridgehead atoms. The number of ether oxygens (including phenoxy) is 2. The smallest absolute Gasteiger partial charge is 0.191 e. The van der Waals surface area contributed by atoms with Crippen molar-refractivity contribution < 1.29 is 9.47 Å². The van der Waals surface area contributed by atoms with Crippen LogP contribution in [0.5, 0.6) is 11.5 Å². The summed E-state index contributed by atoms with van der Waals surface area (Å²) >= 11 is 1.97. The Balaban J connectivity index is 0.00000208. The van der Waals surface area contributed by atoms with Gasteiger partial charge >= 0.3 is 0 Å². The van der Waals surface area contributed by atoms with Crippen LogP contribution in [0, 0.1) is 0 Å². The lowest BCUT2D eigenvalue weighted by Gasteiger charge is -2.29. The van der Waals surface area contributed by atoms with Gasteiger partial charge in [-0.3, -0.25) is 4.99 Å². The molecule has 0 spiro atoms. The van der Waals surface area contributed by atoms with E-state index in [1.165, 1.54) is 5.56 Å². The Hall–Kier alpha value is -0.830. The number of thioether (sulfide) groups is 1. The fraction of sp³-hybridized carbons (Fsp3) is 0.588. The molecule has 0 unspecified atom stereocenters. The molecular weight excluding hydrogens is 437 g/mol. The average molecular weight is 463 g/mol. The Labute approximate surface area is 165 Å². The highest BCUT2D eigenvalue weighted by atomic mass is 127. The molecule has 2 heterocycles. The number of fused-ring (bicyclic) bond motifs is 1. The summed E-state index contributed by atoms with van der Waals surface area (Å²) in [6, 6.07) is 6.15. The molecule has 7 heteroatoms. The van der Waals surface area contributed by atoms with Crippen LogP contribution in [-0.2, 0) is 5.41 Å². The van der Waals surface area contributed by atoms with Crippen molar-refractivity contribution in [3.8, 4) is 11.5 Å². The number of hydrogen-bond donors (Lipinski definition) is 1. The van der Waals surface area contributed by atoms with Crippen LogP contribution < -0.4 is 15.2 Å². The second-order valence-electron chi connectivity index (χ2n) is 6.52. The van der Waals surface area contributed by atoms with Crippen molar-refractivity contribution in [3.05, 3.63) is 23.8 Å². The Morgan fingerprint density at radius 1 is 1.21 bits per heavy atom. The van der Waals surface area contributed by atoms with E-state index in [9.17, 15) is 0 Å². The molecular formula is C17H26IN3O2S. The topological polar surface area (TPSA) is 60.1 Å². The fourth-order valence-corrected chi connectivity index (χ4v) is 3.63. The predicted octanol–water partition coefficient (Wildman–Crippen LogP) is 2.72. The zero-order chi connectivity index (χ0) is 16.3. The molecule has 3 rings (SSSR count). The van der Waals surface area contributed by atoms with E-state index in [0.717, 1.165) is 36.1 Å². The largest absolute Gasteiger partial charge is 0.486 e. The van der Waals surface area contributed by atoms with Crippen molar-refractivity contribution in [1.29, 1.82) is 0 Å². The van der Waals surface area contributed by atoms with Gasteiger partial charge in [0.2, 0.25) is 0 Å². The van der Waals surface area contributed by atoms with Crippen molar-refractivity contribution in [2.24, 2.45) is 10.7 Å². The van der Waals surface area contributed by atoms with Crippen LogP contribution in [0.3, 0.4) is 0 Å². The number of halogens is 1. The van der Waals surface area contributed by atoms with E-state index in [1.807, 2.05) is 17.8 Å². The maximum atomic E-state index is 6.17. The summed E-state index contributed by atoms with van der Waals surface area (Å²) < 4.78 is 11.3. The van der Waals surface area contributed by atoms with Crippen LogP contribution in [0.25, 0.3) is 0 Å². The summed E-state index contributed by atoms with van der Waals surface area (Å²) in [5.74, 6) is 4.57. The first-order chi connectivity index (χ1) is 11.1. The molecule has 1 saturated heterocycles. The van der Waals surface area contributed by atoms with E-state index in [-0.39, 0.29) is 29.4 Å². The summed E-state index contributed by atoms with van der Waals surface area (Å²) in [6.45, 7) is 8.22. The van der Waals surface area contributed by atoms with Crippen LogP contribution in [0.2, 0.25) is 0 Å². The van der Waals surface area contributed by atoms with Crippen LogP contribution in [0.4, 0.5) is 0 Å². The third kappa shape index (κ3) is 4.62. The van der Waals surface area contributed by atoms with Gasteiger partial charge in [-0.2, -0.15) is 11.8 Å². The molecule has 0 atom stereocenters.